The molecule has 0 saturated heterocycles. The molecule has 1 aliphatic heterocycles. The minimum absolute atomic E-state index is 0.0630. The van der Waals surface area contributed by atoms with Gasteiger partial charge in [-0.2, -0.15) is 0 Å². The van der Waals surface area contributed by atoms with E-state index in [1.54, 1.807) is 0 Å². The van der Waals surface area contributed by atoms with Crippen LogP contribution in [0.25, 0.3) is 0 Å². The molecule has 0 bridgehead atoms. The molecule has 0 saturated carbocycles. The van der Waals surface area contributed by atoms with E-state index >= 15 is 0 Å². The van der Waals surface area contributed by atoms with Gasteiger partial charge in [0.2, 0.25) is 0 Å². The van der Waals surface area contributed by atoms with Crippen molar-refractivity contribution >= 4 is 7.29 Å². The van der Waals surface area contributed by atoms with Gasteiger partial charge in [-0.25, -0.2) is 0 Å². The average molecular weight is 339 g/mol. The van der Waals surface area contributed by atoms with Gasteiger partial charge in [-0.05, 0) is 45.9 Å². The summed E-state index contributed by atoms with van der Waals surface area (Å²) in [7, 11) is -0.823. The Kier molecular flexibility index (Phi) is 4.55. The maximum absolute atomic E-state index is 13.9. The van der Waals surface area contributed by atoms with E-state index in [0.717, 1.165) is 11.1 Å². The van der Waals surface area contributed by atoms with Crippen LogP contribution in [0.5, 0.6) is 0 Å². The van der Waals surface area contributed by atoms with Crippen molar-refractivity contribution in [1.29, 1.82) is 0 Å². The number of hydrogen-bond donors (Lipinski definition) is 1. The van der Waals surface area contributed by atoms with Crippen LogP contribution in [0.4, 0.5) is 0 Å². The first-order valence-electron chi connectivity index (χ1n) is 8.46. The van der Waals surface area contributed by atoms with E-state index in [4.69, 9.17) is 0 Å². The van der Waals surface area contributed by atoms with Crippen molar-refractivity contribution in [1.82, 2.24) is 5.09 Å². The van der Waals surface area contributed by atoms with E-state index in [1.165, 1.54) is 22.3 Å². The second kappa shape index (κ2) is 6.35. The molecule has 24 heavy (non-hydrogen) atoms. The number of nitrogens with one attached hydrogen (secondary N) is 1. The topological polar surface area (TPSA) is 29.1 Å². The van der Waals surface area contributed by atoms with Gasteiger partial charge in [-0.15, -0.1) is 0 Å². The summed E-state index contributed by atoms with van der Waals surface area (Å²) in [5, 5.41) is 3.21. The van der Waals surface area contributed by atoms with E-state index in [2.05, 4.69) is 81.3 Å². The second-order valence-corrected chi connectivity index (χ2v) is 10.0. The normalized spacial score (nSPS) is 26.0. The number of allylic oxidation sites excluding steroid dienone is 2. The number of aryl methyl sites for hydroxylation is 4. The van der Waals surface area contributed by atoms with Gasteiger partial charge in [0.25, 0.3) is 0 Å². The van der Waals surface area contributed by atoms with E-state index in [1.807, 2.05) is 7.05 Å². The van der Waals surface area contributed by atoms with Crippen LogP contribution in [0.1, 0.15) is 44.7 Å². The van der Waals surface area contributed by atoms with Gasteiger partial charge in [0.05, 0.1) is 11.3 Å². The van der Waals surface area contributed by atoms with Crippen LogP contribution in [0.3, 0.4) is 0 Å². The Morgan fingerprint density at radius 3 is 1.33 bits per heavy atom. The van der Waals surface area contributed by atoms with Crippen LogP contribution in [0.2, 0.25) is 0 Å². The third-order valence-corrected chi connectivity index (χ3v) is 8.12. The molecule has 1 heterocycles. The third-order valence-electron chi connectivity index (χ3n) is 4.82. The van der Waals surface area contributed by atoms with Crippen LogP contribution >= 0.6 is 7.29 Å². The maximum Gasteiger partial charge on any atom is 0.169 e. The van der Waals surface area contributed by atoms with Crippen molar-refractivity contribution in [3.63, 3.8) is 0 Å². The van der Waals surface area contributed by atoms with Crippen molar-refractivity contribution in [2.24, 2.45) is 0 Å². The quantitative estimate of drug-likeness (QED) is 0.568. The third kappa shape index (κ3) is 3.01. The van der Waals surface area contributed by atoms with E-state index in [-0.39, 0.29) is 11.3 Å². The standard InChI is InChI=1S/C21H26NOP/c1-14-8-15(2)11-18(10-14)20-6-7-21(24(20,23)22-5)19-12-16(3)9-17(4)13-19/h6-13,20-21H,1-5H3,(H,22,23)/t20-,21+,24-. The lowest BCUT2D eigenvalue weighted by Gasteiger charge is -2.27. The SMILES string of the molecule is CN[P@@]1(=O)[C@@H](c2cc(C)cc(C)c2)C=C[C@H]1c1cc(C)cc(C)c1. The molecule has 0 aromatic heterocycles. The average Bonchev–Trinajstić information content (AvgIpc) is 2.83. The molecule has 0 radical (unpaired) electrons. The van der Waals surface area contributed by atoms with Crippen molar-refractivity contribution in [2.45, 2.75) is 39.0 Å². The van der Waals surface area contributed by atoms with Gasteiger partial charge in [0, 0.05) is 0 Å². The zero-order valence-corrected chi connectivity index (χ0v) is 16.0. The fourth-order valence-electron chi connectivity index (χ4n) is 3.94. The molecule has 0 aliphatic carbocycles. The van der Waals surface area contributed by atoms with Crippen molar-refractivity contribution in [2.75, 3.05) is 7.05 Å². The first-order chi connectivity index (χ1) is 11.3. The zero-order valence-electron chi connectivity index (χ0n) is 15.1. The van der Waals surface area contributed by atoms with Gasteiger partial charge in [-0.1, -0.05) is 70.8 Å². The molecule has 2 aromatic carbocycles. The van der Waals surface area contributed by atoms with Gasteiger partial charge in [-0.3, -0.25) is 5.09 Å². The smallest absolute Gasteiger partial charge is 0.169 e. The summed E-state index contributed by atoms with van der Waals surface area (Å²) < 4.78 is 13.9. The highest BCUT2D eigenvalue weighted by Gasteiger charge is 2.43. The fraction of sp³-hybridized carbons (Fsp3) is 0.333. The molecule has 1 aliphatic rings. The lowest BCUT2D eigenvalue weighted by atomic mass is 10.0. The van der Waals surface area contributed by atoms with Crippen LogP contribution < -0.4 is 5.09 Å². The maximum atomic E-state index is 13.9. The molecule has 0 spiro atoms. The molecule has 0 unspecified atom stereocenters. The minimum Gasteiger partial charge on any atom is -0.305 e. The van der Waals surface area contributed by atoms with Gasteiger partial charge >= 0.3 is 0 Å². The largest absolute Gasteiger partial charge is 0.305 e. The number of benzene rings is 2. The summed E-state index contributed by atoms with van der Waals surface area (Å²) >= 11 is 0. The van der Waals surface area contributed by atoms with Gasteiger partial charge in [0.1, 0.15) is 0 Å². The Hall–Kier alpha value is -1.63. The summed E-state index contributed by atoms with van der Waals surface area (Å²) in [5.41, 5.74) is 7.04. The molecule has 3 rings (SSSR count). The van der Waals surface area contributed by atoms with Gasteiger partial charge in [0.15, 0.2) is 7.29 Å². The van der Waals surface area contributed by atoms with Gasteiger partial charge < -0.3 is 4.57 Å². The Labute approximate surface area is 145 Å². The summed E-state index contributed by atoms with van der Waals surface area (Å²) in [4.78, 5) is 0. The molecular weight excluding hydrogens is 313 g/mol. The minimum atomic E-state index is -2.66. The molecule has 1 N–H and O–H groups in total. The summed E-state index contributed by atoms with van der Waals surface area (Å²) in [6.07, 6.45) is 4.27. The van der Waals surface area contributed by atoms with E-state index < -0.39 is 7.29 Å². The molecule has 0 fully saturated rings. The highest BCUT2D eigenvalue weighted by Crippen LogP contribution is 2.70. The van der Waals surface area contributed by atoms with E-state index in [0.29, 0.717) is 0 Å². The predicted octanol–water partition coefficient (Wildman–Crippen LogP) is 5.77. The first-order valence-corrected chi connectivity index (χ1v) is 10.3. The Bertz CT molecular complexity index is 747. The van der Waals surface area contributed by atoms with E-state index in [9.17, 15) is 4.57 Å². The zero-order chi connectivity index (χ0) is 17.5. The van der Waals surface area contributed by atoms with Crippen LogP contribution in [0.15, 0.2) is 48.6 Å². The number of rotatable bonds is 3. The molecule has 0 amide bonds. The predicted molar refractivity (Wildman–Crippen MR) is 103 cm³/mol. The monoisotopic (exact) mass is 339 g/mol. The van der Waals surface area contributed by atoms with Crippen molar-refractivity contribution in [3.05, 3.63) is 81.9 Å². The molecule has 3 atom stereocenters. The van der Waals surface area contributed by atoms with Crippen molar-refractivity contribution < 1.29 is 4.57 Å². The van der Waals surface area contributed by atoms with Crippen LogP contribution in [-0.4, -0.2) is 7.05 Å². The molecule has 3 heteroatoms. The summed E-state index contributed by atoms with van der Waals surface area (Å²) in [5.74, 6) is 0. The highest BCUT2D eigenvalue weighted by atomic mass is 31.2. The summed E-state index contributed by atoms with van der Waals surface area (Å²) in [6.45, 7) is 8.39. The first kappa shape index (κ1) is 17.2. The second-order valence-electron chi connectivity index (χ2n) is 7.05. The fourth-order valence-corrected chi connectivity index (χ4v) is 6.74. The highest BCUT2D eigenvalue weighted by molar-refractivity contribution is 7.63. The molecular formula is C21H26NOP. The van der Waals surface area contributed by atoms with Crippen molar-refractivity contribution in [3.8, 4) is 0 Å². The Morgan fingerprint density at radius 2 is 1.04 bits per heavy atom. The molecule has 2 nitrogen and oxygen atoms in total. The lowest BCUT2D eigenvalue weighted by Crippen LogP contribution is -2.12. The lowest BCUT2D eigenvalue weighted by molar-refractivity contribution is 0.562. The molecule has 2 aromatic rings. The number of hydrogen-bond acceptors (Lipinski definition) is 1. The Balaban J connectivity index is 2.07. The Morgan fingerprint density at radius 1 is 0.708 bits per heavy atom. The van der Waals surface area contributed by atoms with Crippen LogP contribution in [-0.2, 0) is 4.57 Å². The van der Waals surface area contributed by atoms with Crippen LogP contribution in [0, 0.1) is 27.7 Å². The molecule has 126 valence electrons. The summed E-state index contributed by atoms with van der Waals surface area (Å²) in [6, 6.07) is 13.0.